The summed E-state index contributed by atoms with van der Waals surface area (Å²) in [7, 11) is 0. The lowest BCUT2D eigenvalue weighted by atomic mass is 9.93. The molecule has 2 heterocycles. The molecule has 0 spiro atoms. The molecule has 1 amide bonds. The van der Waals surface area contributed by atoms with Crippen molar-refractivity contribution in [2.45, 2.75) is 45.1 Å². The van der Waals surface area contributed by atoms with Gasteiger partial charge in [-0.05, 0) is 33.8 Å². The first kappa shape index (κ1) is 22.9. The second-order valence-corrected chi connectivity index (χ2v) is 7.59. The van der Waals surface area contributed by atoms with Crippen LogP contribution in [0.4, 0.5) is 23.7 Å². The van der Waals surface area contributed by atoms with Gasteiger partial charge in [0.1, 0.15) is 11.3 Å². The van der Waals surface area contributed by atoms with E-state index in [1.54, 1.807) is 33.8 Å². The molecule has 1 saturated heterocycles. The average Bonchev–Trinajstić information content (AvgIpc) is 2.98. The van der Waals surface area contributed by atoms with Crippen molar-refractivity contribution in [3.05, 3.63) is 18.0 Å². The Bertz CT molecular complexity index is 721. The highest BCUT2D eigenvalue weighted by atomic mass is 19.4. The standard InChI is InChI=1S/C18H26F3N3O5/c1-5-27-14(25)13-12(6-7-23-13)22-8-9-28-17(18(19,20)21)10-24(11-17)15(26)29-16(2,3)4/h6-7,22-23H,5,8-11H2,1-4H3. The van der Waals surface area contributed by atoms with Gasteiger partial charge in [0, 0.05) is 12.7 Å². The number of hydrogen-bond acceptors (Lipinski definition) is 6. The van der Waals surface area contributed by atoms with Crippen LogP contribution in [0.5, 0.6) is 0 Å². The highest BCUT2D eigenvalue weighted by Gasteiger charge is 2.64. The van der Waals surface area contributed by atoms with Crippen LogP contribution in [0.25, 0.3) is 0 Å². The molecule has 0 unspecified atom stereocenters. The second kappa shape index (κ2) is 8.52. The van der Waals surface area contributed by atoms with Gasteiger partial charge in [-0.3, -0.25) is 0 Å². The molecule has 0 atom stereocenters. The second-order valence-electron chi connectivity index (χ2n) is 7.59. The van der Waals surface area contributed by atoms with Gasteiger partial charge in [0.25, 0.3) is 0 Å². The van der Waals surface area contributed by atoms with E-state index in [0.29, 0.717) is 5.69 Å². The lowest BCUT2D eigenvalue weighted by Gasteiger charge is -2.49. The van der Waals surface area contributed by atoms with Crippen molar-refractivity contribution in [1.29, 1.82) is 0 Å². The van der Waals surface area contributed by atoms with E-state index in [-0.39, 0.29) is 25.5 Å². The number of amides is 1. The molecule has 0 radical (unpaired) electrons. The largest absolute Gasteiger partial charge is 0.461 e. The number of aromatic nitrogens is 1. The lowest BCUT2D eigenvalue weighted by molar-refractivity contribution is -0.312. The SMILES string of the molecule is CCOC(=O)c1[nH]ccc1NCCOC1(C(F)(F)F)CN(C(=O)OC(C)(C)C)C1. The lowest BCUT2D eigenvalue weighted by Crippen LogP contribution is -2.72. The summed E-state index contributed by atoms with van der Waals surface area (Å²) in [5.41, 5.74) is -2.66. The van der Waals surface area contributed by atoms with Crippen LogP contribution < -0.4 is 5.32 Å². The minimum Gasteiger partial charge on any atom is -0.461 e. The molecule has 1 aromatic heterocycles. The molecular weight excluding hydrogens is 395 g/mol. The van der Waals surface area contributed by atoms with Gasteiger partial charge in [-0.25, -0.2) is 9.59 Å². The Morgan fingerprint density at radius 3 is 2.48 bits per heavy atom. The molecule has 1 aliphatic heterocycles. The maximum Gasteiger partial charge on any atom is 0.420 e. The fourth-order valence-corrected chi connectivity index (χ4v) is 2.70. The first-order valence-corrected chi connectivity index (χ1v) is 9.15. The van der Waals surface area contributed by atoms with E-state index >= 15 is 0 Å². The number of esters is 1. The van der Waals surface area contributed by atoms with Crippen molar-refractivity contribution in [3.63, 3.8) is 0 Å². The van der Waals surface area contributed by atoms with Gasteiger partial charge in [-0.2, -0.15) is 13.2 Å². The van der Waals surface area contributed by atoms with E-state index in [9.17, 15) is 22.8 Å². The molecular formula is C18H26F3N3O5. The summed E-state index contributed by atoms with van der Waals surface area (Å²) in [6.07, 6.45) is -3.95. The number of alkyl halides is 3. The van der Waals surface area contributed by atoms with E-state index in [0.717, 1.165) is 4.90 Å². The molecule has 11 heteroatoms. The Labute approximate surface area is 166 Å². The van der Waals surface area contributed by atoms with Gasteiger partial charge in [0.2, 0.25) is 0 Å². The zero-order chi connectivity index (χ0) is 21.9. The predicted octanol–water partition coefficient (Wildman–Crippen LogP) is 3.17. The van der Waals surface area contributed by atoms with Crippen LogP contribution in [-0.4, -0.2) is 72.2 Å². The summed E-state index contributed by atoms with van der Waals surface area (Å²) in [4.78, 5) is 27.4. The van der Waals surface area contributed by atoms with E-state index in [1.807, 2.05) is 0 Å². The van der Waals surface area contributed by atoms with Crippen LogP contribution in [0.2, 0.25) is 0 Å². The summed E-state index contributed by atoms with van der Waals surface area (Å²) in [5.74, 6) is -0.570. The highest BCUT2D eigenvalue weighted by Crippen LogP contribution is 2.41. The van der Waals surface area contributed by atoms with Gasteiger partial charge >= 0.3 is 18.2 Å². The summed E-state index contributed by atoms with van der Waals surface area (Å²) in [6, 6.07) is 1.57. The van der Waals surface area contributed by atoms with Crippen LogP contribution in [0.15, 0.2) is 12.3 Å². The number of ether oxygens (including phenoxy) is 3. The number of carbonyl (C=O) groups excluding carboxylic acids is 2. The number of carbonyl (C=O) groups is 2. The Morgan fingerprint density at radius 2 is 1.93 bits per heavy atom. The smallest absolute Gasteiger partial charge is 0.420 e. The fourth-order valence-electron chi connectivity index (χ4n) is 2.70. The Hall–Kier alpha value is -2.43. The van der Waals surface area contributed by atoms with Crippen molar-refractivity contribution in [2.75, 3.05) is 38.2 Å². The van der Waals surface area contributed by atoms with Crippen molar-refractivity contribution < 1.29 is 37.0 Å². The van der Waals surface area contributed by atoms with Crippen molar-refractivity contribution >= 4 is 17.7 Å². The number of anilines is 1. The zero-order valence-electron chi connectivity index (χ0n) is 16.8. The van der Waals surface area contributed by atoms with Crippen LogP contribution >= 0.6 is 0 Å². The number of likely N-dealkylation sites (tertiary alicyclic amines) is 1. The van der Waals surface area contributed by atoms with Crippen LogP contribution in [0.3, 0.4) is 0 Å². The van der Waals surface area contributed by atoms with Gasteiger partial charge < -0.3 is 29.4 Å². The van der Waals surface area contributed by atoms with E-state index < -0.39 is 42.5 Å². The number of H-pyrrole nitrogens is 1. The van der Waals surface area contributed by atoms with E-state index in [2.05, 4.69) is 10.3 Å². The highest BCUT2D eigenvalue weighted by molar-refractivity contribution is 5.93. The number of aromatic amines is 1. The average molecular weight is 421 g/mol. The maximum atomic E-state index is 13.5. The van der Waals surface area contributed by atoms with Gasteiger partial charge in [-0.1, -0.05) is 0 Å². The molecule has 1 aliphatic rings. The molecule has 0 saturated carbocycles. The minimum absolute atomic E-state index is 0.0223. The molecule has 2 rings (SSSR count). The zero-order valence-corrected chi connectivity index (χ0v) is 16.8. The van der Waals surface area contributed by atoms with Gasteiger partial charge in [-0.15, -0.1) is 0 Å². The summed E-state index contributed by atoms with van der Waals surface area (Å²) >= 11 is 0. The number of halogens is 3. The third kappa shape index (κ3) is 5.55. The third-order valence-corrected chi connectivity index (χ3v) is 4.08. The van der Waals surface area contributed by atoms with E-state index in [1.165, 1.54) is 6.20 Å². The summed E-state index contributed by atoms with van der Waals surface area (Å²) < 4.78 is 55.6. The molecule has 2 N–H and O–H groups in total. The Morgan fingerprint density at radius 1 is 1.28 bits per heavy atom. The summed E-state index contributed by atoms with van der Waals surface area (Å²) in [5, 5.41) is 2.84. The van der Waals surface area contributed by atoms with Crippen LogP contribution in [-0.2, 0) is 14.2 Å². The number of rotatable bonds is 7. The number of hydrogen-bond donors (Lipinski definition) is 2. The fraction of sp³-hybridized carbons (Fsp3) is 0.667. The Kier molecular flexibility index (Phi) is 6.71. The molecule has 29 heavy (non-hydrogen) atoms. The first-order chi connectivity index (χ1) is 13.4. The van der Waals surface area contributed by atoms with E-state index in [4.69, 9.17) is 14.2 Å². The van der Waals surface area contributed by atoms with Crippen LogP contribution in [0.1, 0.15) is 38.2 Å². The van der Waals surface area contributed by atoms with Gasteiger partial charge in [0.05, 0.1) is 32.0 Å². The predicted molar refractivity (Wildman–Crippen MR) is 97.8 cm³/mol. The molecule has 0 aromatic carbocycles. The normalized spacial score (nSPS) is 16.2. The third-order valence-electron chi connectivity index (χ3n) is 4.08. The molecule has 164 valence electrons. The molecule has 0 bridgehead atoms. The monoisotopic (exact) mass is 421 g/mol. The Balaban J connectivity index is 1.88. The summed E-state index contributed by atoms with van der Waals surface area (Å²) in [6.45, 7) is 5.23. The quantitative estimate of drug-likeness (QED) is 0.519. The van der Waals surface area contributed by atoms with Crippen molar-refractivity contribution in [3.8, 4) is 0 Å². The number of nitrogens with zero attached hydrogens (tertiary/aromatic N) is 1. The maximum absolute atomic E-state index is 13.5. The molecule has 0 aliphatic carbocycles. The topological polar surface area (TPSA) is 92.9 Å². The minimum atomic E-state index is -4.64. The van der Waals surface area contributed by atoms with Crippen molar-refractivity contribution in [1.82, 2.24) is 9.88 Å². The van der Waals surface area contributed by atoms with Gasteiger partial charge in [0.15, 0.2) is 5.60 Å². The molecule has 8 nitrogen and oxygen atoms in total. The molecule has 1 aromatic rings. The molecule has 1 fully saturated rings. The van der Waals surface area contributed by atoms with Crippen molar-refractivity contribution in [2.24, 2.45) is 0 Å². The number of nitrogens with one attached hydrogen (secondary N) is 2. The van der Waals surface area contributed by atoms with Crippen LogP contribution in [0, 0.1) is 0 Å². The first-order valence-electron chi connectivity index (χ1n) is 9.15.